The van der Waals surface area contributed by atoms with Crippen LogP contribution in [0.5, 0.6) is 11.5 Å². The normalized spacial score (nSPS) is 10.6. The van der Waals surface area contributed by atoms with Crippen molar-refractivity contribution >= 4 is 22.9 Å². The Labute approximate surface area is 177 Å². The van der Waals surface area contributed by atoms with Gasteiger partial charge in [-0.1, -0.05) is 12.7 Å². The summed E-state index contributed by atoms with van der Waals surface area (Å²) in [5.41, 5.74) is -0.422. The maximum Gasteiger partial charge on any atom is 0.296 e. The third-order valence-electron chi connectivity index (χ3n) is 4.41. The highest BCUT2D eigenvalue weighted by Gasteiger charge is 2.30. The maximum absolute atomic E-state index is 15.0. The second-order valence-corrected chi connectivity index (χ2v) is 6.55. The largest absolute Gasteiger partial charge is 0.497 e. The molecule has 0 amide bonds. The fourth-order valence-corrected chi connectivity index (χ4v) is 3.12. The van der Waals surface area contributed by atoms with Crippen LogP contribution in [0.4, 0.5) is 31.7 Å². The summed E-state index contributed by atoms with van der Waals surface area (Å²) in [5.74, 6) is -1.51. The predicted octanol–water partition coefficient (Wildman–Crippen LogP) is 4.96. The van der Waals surface area contributed by atoms with Crippen LogP contribution in [-0.2, 0) is 7.05 Å². The molecule has 0 saturated carbocycles. The quantitative estimate of drug-likeness (QED) is 0.285. The van der Waals surface area contributed by atoms with E-state index in [1.54, 1.807) is 20.0 Å². The molecule has 0 aliphatic carbocycles. The highest BCUT2D eigenvalue weighted by atomic mass is 19.1. The fourth-order valence-electron chi connectivity index (χ4n) is 3.12. The maximum atomic E-state index is 15.0. The summed E-state index contributed by atoms with van der Waals surface area (Å²) in [5, 5.41) is 16.1. The van der Waals surface area contributed by atoms with E-state index in [1.165, 1.54) is 36.1 Å². The Morgan fingerprint density at radius 3 is 2.42 bits per heavy atom. The van der Waals surface area contributed by atoms with Gasteiger partial charge in [0.15, 0.2) is 11.6 Å². The number of aryl methyl sites for hydroxylation is 2. The van der Waals surface area contributed by atoms with Gasteiger partial charge in [-0.2, -0.15) is 5.10 Å². The van der Waals surface area contributed by atoms with Crippen LogP contribution in [0.2, 0.25) is 0 Å². The van der Waals surface area contributed by atoms with Gasteiger partial charge in [-0.3, -0.25) is 19.7 Å². The number of nitrogens with zero attached hydrogens (tertiary/aromatic N) is 4. The predicted molar refractivity (Wildman–Crippen MR) is 111 cm³/mol. The molecule has 0 aliphatic heterocycles. The van der Waals surface area contributed by atoms with E-state index in [4.69, 9.17) is 9.47 Å². The van der Waals surface area contributed by atoms with E-state index >= 15 is 8.78 Å². The Morgan fingerprint density at radius 2 is 1.90 bits per heavy atom. The molecule has 0 aliphatic rings. The molecule has 162 valence electrons. The van der Waals surface area contributed by atoms with Gasteiger partial charge in [-0.15, -0.1) is 0 Å². The SMILES string of the molecule is C=CCOc1ccc(N(c2c(F)cc(OC)cc2F)c2cc(C)nn2C)c([N+](=O)[O-])c1. The van der Waals surface area contributed by atoms with Crippen molar-refractivity contribution in [2.75, 3.05) is 18.6 Å². The van der Waals surface area contributed by atoms with Gasteiger partial charge < -0.3 is 9.47 Å². The van der Waals surface area contributed by atoms with Crippen LogP contribution >= 0.6 is 0 Å². The highest BCUT2D eigenvalue weighted by molar-refractivity contribution is 5.82. The standard InChI is InChI=1S/C21H20F2N4O4/c1-5-8-31-14-6-7-18(19(12-14)27(28)29)26(20-9-13(2)24-25(20)3)21-16(22)10-15(30-4)11-17(21)23/h5-7,9-12H,1,8H2,2-4H3. The van der Waals surface area contributed by atoms with Crippen LogP contribution in [-0.4, -0.2) is 28.4 Å². The van der Waals surface area contributed by atoms with Crippen molar-refractivity contribution in [2.45, 2.75) is 6.92 Å². The molecule has 3 rings (SSSR count). The first-order valence-electron chi connectivity index (χ1n) is 9.12. The summed E-state index contributed by atoms with van der Waals surface area (Å²) in [6.45, 7) is 5.37. The third-order valence-corrected chi connectivity index (χ3v) is 4.41. The molecule has 0 unspecified atom stereocenters. The first-order chi connectivity index (χ1) is 14.8. The van der Waals surface area contributed by atoms with Gasteiger partial charge in [-0.25, -0.2) is 8.78 Å². The number of halogens is 2. The van der Waals surface area contributed by atoms with Crippen LogP contribution in [0.15, 0.2) is 49.1 Å². The minimum atomic E-state index is -0.961. The molecule has 0 saturated heterocycles. The van der Waals surface area contributed by atoms with E-state index in [1.807, 2.05) is 0 Å². The Hall–Kier alpha value is -3.95. The Kier molecular flexibility index (Phi) is 6.19. The fraction of sp³-hybridized carbons (Fsp3) is 0.190. The Balaban J connectivity index is 2.30. The molecule has 1 heterocycles. The van der Waals surface area contributed by atoms with E-state index in [-0.39, 0.29) is 29.6 Å². The molecule has 10 heteroatoms. The zero-order valence-corrected chi connectivity index (χ0v) is 17.1. The van der Waals surface area contributed by atoms with Gasteiger partial charge >= 0.3 is 0 Å². The molecule has 0 N–H and O–H groups in total. The van der Waals surface area contributed by atoms with Gasteiger partial charge in [-0.05, 0) is 19.1 Å². The Bertz CT molecular complexity index is 1120. The molecule has 0 atom stereocenters. The number of methoxy groups -OCH3 is 1. The van der Waals surface area contributed by atoms with Crippen LogP contribution in [0, 0.1) is 28.7 Å². The molecule has 0 fully saturated rings. The summed E-state index contributed by atoms with van der Waals surface area (Å²) in [4.78, 5) is 12.3. The summed E-state index contributed by atoms with van der Waals surface area (Å²) in [7, 11) is 2.85. The lowest BCUT2D eigenvalue weighted by atomic mass is 10.1. The van der Waals surface area contributed by atoms with Crippen LogP contribution in [0.25, 0.3) is 0 Å². The number of benzene rings is 2. The first kappa shape index (κ1) is 21.8. The van der Waals surface area contributed by atoms with Crippen molar-refractivity contribution in [1.29, 1.82) is 0 Å². The number of ether oxygens (including phenoxy) is 2. The van der Waals surface area contributed by atoms with Crippen molar-refractivity contribution in [1.82, 2.24) is 9.78 Å². The van der Waals surface area contributed by atoms with E-state index < -0.39 is 27.9 Å². The van der Waals surface area contributed by atoms with Gasteiger partial charge in [0.1, 0.15) is 35.3 Å². The van der Waals surface area contributed by atoms with Crippen LogP contribution < -0.4 is 14.4 Å². The van der Waals surface area contributed by atoms with Crippen molar-refractivity contribution < 1.29 is 23.2 Å². The lowest BCUT2D eigenvalue weighted by molar-refractivity contribution is -0.384. The number of rotatable bonds is 8. The van der Waals surface area contributed by atoms with Gasteiger partial charge in [0.2, 0.25) is 0 Å². The van der Waals surface area contributed by atoms with Crippen molar-refractivity contribution in [3.05, 3.63) is 76.5 Å². The van der Waals surface area contributed by atoms with Crippen molar-refractivity contribution in [2.24, 2.45) is 7.05 Å². The molecule has 3 aromatic rings. The van der Waals surface area contributed by atoms with Crippen molar-refractivity contribution in [3.8, 4) is 11.5 Å². The second kappa shape index (κ2) is 8.82. The van der Waals surface area contributed by atoms with Gasteiger partial charge in [0, 0.05) is 25.2 Å². The first-order valence-corrected chi connectivity index (χ1v) is 9.12. The topological polar surface area (TPSA) is 82.7 Å². The Morgan fingerprint density at radius 1 is 1.23 bits per heavy atom. The van der Waals surface area contributed by atoms with E-state index in [0.29, 0.717) is 5.69 Å². The van der Waals surface area contributed by atoms with Crippen LogP contribution in [0.1, 0.15) is 5.69 Å². The monoisotopic (exact) mass is 430 g/mol. The molecule has 2 aromatic carbocycles. The molecule has 0 bridgehead atoms. The highest BCUT2D eigenvalue weighted by Crippen LogP contribution is 2.44. The zero-order chi connectivity index (χ0) is 22.7. The van der Waals surface area contributed by atoms with E-state index in [9.17, 15) is 10.1 Å². The summed E-state index contributed by atoms with van der Waals surface area (Å²) >= 11 is 0. The minimum absolute atomic E-state index is 0.0254. The third kappa shape index (κ3) is 4.32. The summed E-state index contributed by atoms with van der Waals surface area (Å²) in [6.07, 6.45) is 1.49. The smallest absolute Gasteiger partial charge is 0.296 e. The average Bonchev–Trinajstić information content (AvgIpc) is 3.06. The number of nitro groups is 1. The van der Waals surface area contributed by atoms with E-state index in [0.717, 1.165) is 17.0 Å². The lowest BCUT2D eigenvalue weighted by Gasteiger charge is -2.25. The minimum Gasteiger partial charge on any atom is -0.497 e. The molecule has 8 nitrogen and oxygen atoms in total. The summed E-state index contributed by atoms with van der Waals surface area (Å²) < 4.78 is 41.7. The number of nitro benzene ring substituents is 1. The molecule has 0 spiro atoms. The average molecular weight is 430 g/mol. The molecule has 1 aromatic heterocycles. The molecule has 0 radical (unpaired) electrons. The number of aromatic nitrogens is 2. The number of anilines is 3. The zero-order valence-electron chi connectivity index (χ0n) is 17.1. The number of hydrogen-bond acceptors (Lipinski definition) is 6. The van der Waals surface area contributed by atoms with Gasteiger partial charge in [0.25, 0.3) is 5.69 Å². The second-order valence-electron chi connectivity index (χ2n) is 6.55. The van der Waals surface area contributed by atoms with Crippen molar-refractivity contribution in [3.63, 3.8) is 0 Å². The van der Waals surface area contributed by atoms with Gasteiger partial charge in [0.05, 0.1) is 23.8 Å². The lowest BCUT2D eigenvalue weighted by Crippen LogP contribution is -2.18. The van der Waals surface area contributed by atoms with E-state index in [2.05, 4.69) is 11.7 Å². The number of hydrogen-bond donors (Lipinski definition) is 0. The molecular formula is C21H20F2N4O4. The summed E-state index contributed by atoms with van der Waals surface area (Å²) in [6, 6.07) is 7.59. The molecular weight excluding hydrogens is 410 g/mol. The molecule has 31 heavy (non-hydrogen) atoms. The van der Waals surface area contributed by atoms with Crippen LogP contribution in [0.3, 0.4) is 0 Å².